The van der Waals surface area contributed by atoms with Crippen LogP contribution in [0.25, 0.3) is 5.82 Å². The van der Waals surface area contributed by atoms with Crippen molar-refractivity contribution < 1.29 is 4.79 Å². The number of hydrogen-bond acceptors (Lipinski definition) is 4. The SMILES string of the molecule is NC1(C(=O)Nc2ccc(-n3cccn3)nc2)CCCCC1. The van der Waals surface area contributed by atoms with Crippen LogP contribution in [-0.4, -0.2) is 26.2 Å². The van der Waals surface area contributed by atoms with Crippen molar-refractivity contribution >= 4 is 11.6 Å². The third-order valence-corrected chi connectivity index (χ3v) is 3.94. The Hall–Kier alpha value is -2.21. The van der Waals surface area contributed by atoms with Crippen molar-refractivity contribution in [3.63, 3.8) is 0 Å². The van der Waals surface area contributed by atoms with Gasteiger partial charge in [0.2, 0.25) is 5.91 Å². The van der Waals surface area contributed by atoms with Crippen LogP contribution in [0.4, 0.5) is 5.69 Å². The molecule has 21 heavy (non-hydrogen) atoms. The van der Waals surface area contributed by atoms with Crippen LogP contribution >= 0.6 is 0 Å². The lowest BCUT2D eigenvalue weighted by molar-refractivity contribution is -0.122. The summed E-state index contributed by atoms with van der Waals surface area (Å²) in [7, 11) is 0. The van der Waals surface area contributed by atoms with Crippen LogP contribution in [0.1, 0.15) is 32.1 Å². The molecule has 2 aromatic heterocycles. The lowest BCUT2D eigenvalue weighted by Crippen LogP contribution is -2.52. The summed E-state index contributed by atoms with van der Waals surface area (Å²) in [6, 6.07) is 5.46. The van der Waals surface area contributed by atoms with Gasteiger partial charge >= 0.3 is 0 Å². The molecule has 0 spiro atoms. The Morgan fingerprint density at radius 1 is 1.29 bits per heavy atom. The average molecular weight is 285 g/mol. The normalized spacial score (nSPS) is 17.4. The van der Waals surface area contributed by atoms with Gasteiger partial charge in [-0.3, -0.25) is 4.79 Å². The van der Waals surface area contributed by atoms with Gasteiger partial charge in [0.25, 0.3) is 0 Å². The standard InChI is InChI=1S/C15H19N5O/c16-15(7-2-1-3-8-15)14(21)19-12-5-6-13(17-11-12)20-10-4-9-18-20/h4-6,9-11H,1-3,7-8,16H2,(H,19,21). The molecular formula is C15H19N5O. The van der Waals surface area contributed by atoms with E-state index in [0.717, 1.165) is 32.1 Å². The van der Waals surface area contributed by atoms with E-state index >= 15 is 0 Å². The Kier molecular flexibility index (Phi) is 3.70. The molecule has 0 unspecified atom stereocenters. The van der Waals surface area contributed by atoms with Crippen LogP contribution in [0.3, 0.4) is 0 Å². The number of amides is 1. The number of carbonyl (C=O) groups excluding carboxylic acids is 1. The summed E-state index contributed by atoms with van der Waals surface area (Å²) in [4.78, 5) is 16.6. The zero-order chi connectivity index (χ0) is 14.7. The molecule has 1 aliphatic carbocycles. The molecule has 110 valence electrons. The van der Waals surface area contributed by atoms with Gasteiger partial charge in [0.1, 0.15) is 0 Å². The number of pyridine rings is 1. The number of carbonyl (C=O) groups is 1. The highest BCUT2D eigenvalue weighted by Crippen LogP contribution is 2.27. The van der Waals surface area contributed by atoms with Crippen molar-refractivity contribution in [2.45, 2.75) is 37.6 Å². The minimum absolute atomic E-state index is 0.115. The van der Waals surface area contributed by atoms with Crippen molar-refractivity contribution in [3.8, 4) is 5.82 Å². The van der Waals surface area contributed by atoms with Crippen molar-refractivity contribution in [1.82, 2.24) is 14.8 Å². The van der Waals surface area contributed by atoms with Crippen molar-refractivity contribution in [2.75, 3.05) is 5.32 Å². The minimum atomic E-state index is -0.737. The molecule has 0 radical (unpaired) electrons. The maximum absolute atomic E-state index is 12.3. The number of hydrogen-bond donors (Lipinski definition) is 2. The van der Waals surface area contributed by atoms with Gasteiger partial charge in [-0.25, -0.2) is 9.67 Å². The van der Waals surface area contributed by atoms with Crippen LogP contribution < -0.4 is 11.1 Å². The number of nitrogens with zero attached hydrogens (tertiary/aromatic N) is 3. The monoisotopic (exact) mass is 285 g/mol. The number of aromatic nitrogens is 3. The van der Waals surface area contributed by atoms with Crippen LogP contribution in [-0.2, 0) is 4.79 Å². The van der Waals surface area contributed by atoms with E-state index < -0.39 is 5.54 Å². The first-order valence-electron chi connectivity index (χ1n) is 7.24. The topological polar surface area (TPSA) is 85.8 Å². The van der Waals surface area contributed by atoms with Gasteiger partial charge in [-0.2, -0.15) is 5.10 Å². The molecule has 3 rings (SSSR count). The largest absolute Gasteiger partial charge is 0.323 e. The molecule has 0 aliphatic heterocycles. The maximum atomic E-state index is 12.3. The van der Waals surface area contributed by atoms with Gasteiger partial charge < -0.3 is 11.1 Å². The van der Waals surface area contributed by atoms with Crippen LogP contribution in [0, 0.1) is 0 Å². The molecule has 1 amide bonds. The van der Waals surface area contributed by atoms with E-state index in [4.69, 9.17) is 5.73 Å². The highest BCUT2D eigenvalue weighted by atomic mass is 16.2. The molecule has 2 aromatic rings. The quantitative estimate of drug-likeness (QED) is 0.901. The third kappa shape index (κ3) is 2.95. The Labute approximate surface area is 123 Å². The van der Waals surface area contributed by atoms with E-state index in [-0.39, 0.29) is 5.91 Å². The predicted molar refractivity (Wildman–Crippen MR) is 80.0 cm³/mol. The smallest absolute Gasteiger partial charge is 0.244 e. The zero-order valence-electron chi connectivity index (χ0n) is 11.8. The van der Waals surface area contributed by atoms with Gasteiger partial charge in [-0.05, 0) is 31.0 Å². The Balaban J connectivity index is 1.69. The van der Waals surface area contributed by atoms with Crippen LogP contribution in [0.15, 0.2) is 36.8 Å². The summed E-state index contributed by atoms with van der Waals surface area (Å²) in [6.07, 6.45) is 9.82. The van der Waals surface area contributed by atoms with E-state index in [1.165, 1.54) is 0 Å². The van der Waals surface area contributed by atoms with E-state index in [9.17, 15) is 4.79 Å². The van der Waals surface area contributed by atoms with Crippen LogP contribution in [0.2, 0.25) is 0 Å². The fourth-order valence-electron chi connectivity index (χ4n) is 2.67. The lowest BCUT2D eigenvalue weighted by atomic mass is 9.82. The second-order valence-electron chi connectivity index (χ2n) is 5.53. The van der Waals surface area contributed by atoms with E-state index in [0.29, 0.717) is 11.5 Å². The highest BCUT2D eigenvalue weighted by molar-refractivity contribution is 5.97. The molecule has 2 heterocycles. The minimum Gasteiger partial charge on any atom is -0.323 e. The van der Waals surface area contributed by atoms with Crippen LogP contribution in [0.5, 0.6) is 0 Å². The third-order valence-electron chi connectivity index (χ3n) is 3.94. The Bertz CT molecular complexity index is 600. The summed E-state index contributed by atoms with van der Waals surface area (Å²) in [5.41, 5.74) is 6.13. The van der Waals surface area contributed by atoms with Gasteiger partial charge in [-0.1, -0.05) is 19.3 Å². The number of rotatable bonds is 3. The summed E-state index contributed by atoms with van der Waals surface area (Å²) in [6.45, 7) is 0. The molecule has 1 aliphatic rings. The average Bonchev–Trinajstić information content (AvgIpc) is 3.03. The molecule has 1 fully saturated rings. The summed E-state index contributed by atoms with van der Waals surface area (Å²) in [5, 5.41) is 6.98. The molecule has 0 saturated heterocycles. The van der Waals surface area contributed by atoms with Crippen molar-refractivity contribution in [1.29, 1.82) is 0 Å². The fourth-order valence-corrected chi connectivity index (χ4v) is 2.67. The van der Waals surface area contributed by atoms with Gasteiger partial charge in [0.15, 0.2) is 5.82 Å². The van der Waals surface area contributed by atoms with Gasteiger partial charge in [-0.15, -0.1) is 0 Å². The number of nitrogens with two attached hydrogens (primary N) is 1. The summed E-state index contributed by atoms with van der Waals surface area (Å²) in [5.74, 6) is 0.592. The first-order valence-corrected chi connectivity index (χ1v) is 7.24. The highest BCUT2D eigenvalue weighted by Gasteiger charge is 2.35. The summed E-state index contributed by atoms with van der Waals surface area (Å²) >= 11 is 0. The van der Waals surface area contributed by atoms with Crippen molar-refractivity contribution in [2.24, 2.45) is 5.73 Å². The van der Waals surface area contributed by atoms with E-state index in [2.05, 4.69) is 15.4 Å². The Morgan fingerprint density at radius 3 is 2.71 bits per heavy atom. The molecule has 0 atom stereocenters. The molecule has 3 N–H and O–H groups in total. The number of nitrogens with one attached hydrogen (secondary N) is 1. The van der Waals surface area contributed by atoms with Gasteiger partial charge in [0.05, 0.1) is 17.4 Å². The molecule has 6 nitrogen and oxygen atoms in total. The second-order valence-corrected chi connectivity index (χ2v) is 5.53. The fraction of sp³-hybridized carbons (Fsp3) is 0.400. The molecule has 0 bridgehead atoms. The first-order chi connectivity index (χ1) is 10.2. The Morgan fingerprint density at radius 2 is 2.10 bits per heavy atom. The predicted octanol–water partition coefficient (Wildman–Crippen LogP) is 1.87. The summed E-state index contributed by atoms with van der Waals surface area (Å²) < 4.78 is 1.66. The molecule has 1 saturated carbocycles. The first kappa shape index (κ1) is 13.8. The molecule has 0 aromatic carbocycles. The molecular weight excluding hydrogens is 266 g/mol. The zero-order valence-corrected chi connectivity index (χ0v) is 11.8. The second kappa shape index (κ2) is 5.65. The van der Waals surface area contributed by atoms with E-state index in [1.807, 2.05) is 24.4 Å². The lowest BCUT2D eigenvalue weighted by Gasteiger charge is -2.31. The molecule has 6 heteroatoms. The number of anilines is 1. The van der Waals surface area contributed by atoms with Crippen molar-refractivity contribution in [3.05, 3.63) is 36.8 Å². The van der Waals surface area contributed by atoms with E-state index in [1.54, 1.807) is 17.1 Å². The van der Waals surface area contributed by atoms with Gasteiger partial charge in [0, 0.05) is 12.4 Å². The maximum Gasteiger partial charge on any atom is 0.244 e.